The van der Waals surface area contributed by atoms with Gasteiger partial charge >= 0.3 is 0 Å². The number of benzene rings is 1. The van der Waals surface area contributed by atoms with Crippen LogP contribution in [0.3, 0.4) is 0 Å². The summed E-state index contributed by atoms with van der Waals surface area (Å²) in [6, 6.07) is 6.67. The van der Waals surface area contributed by atoms with E-state index in [9.17, 15) is 9.18 Å². The number of aromatic nitrogens is 1. The minimum Gasteiger partial charge on any atom is -0.302 e. The summed E-state index contributed by atoms with van der Waals surface area (Å²) in [4.78, 5) is 16.6. The van der Waals surface area contributed by atoms with E-state index in [0.717, 1.165) is 4.88 Å². The zero-order chi connectivity index (χ0) is 13.8. The maximum atomic E-state index is 13.5. The average Bonchev–Trinajstić information content (AvgIpc) is 2.79. The normalized spacial score (nSPS) is 10.7. The first-order chi connectivity index (χ1) is 9.06. The van der Waals surface area contributed by atoms with E-state index in [1.54, 1.807) is 24.4 Å². The van der Waals surface area contributed by atoms with Gasteiger partial charge in [-0.05, 0) is 11.6 Å². The first kappa shape index (κ1) is 13.7. The molecule has 0 spiro atoms. The number of hydrogen-bond acceptors (Lipinski definition) is 3. The Morgan fingerprint density at radius 1 is 1.42 bits per heavy atom. The summed E-state index contributed by atoms with van der Waals surface area (Å²) in [7, 11) is 0. The maximum absolute atomic E-state index is 13.5. The van der Waals surface area contributed by atoms with Crippen molar-refractivity contribution >= 4 is 22.4 Å². The molecule has 1 amide bonds. The third-order valence-electron chi connectivity index (χ3n) is 2.63. The molecule has 1 N–H and O–H groups in total. The number of carbonyl (C=O) groups is 1. The van der Waals surface area contributed by atoms with Gasteiger partial charge in [-0.3, -0.25) is 4.79 Å². The molecule has 0 saturated heterocycles. The molecule has 0 aliphatic rings. The molecule has 2 aromatic rings. The third-order valence-corrected chi connectivity index (χ3v) is 3.54. The van der Waals surface area contributed by atoms with Gasteiger partial charge in [-0.15, -0.1) is 11.3 Å². The van der Waals surface area contributed by atoms with E-state index in [1.165, 1.54) is 17.4 Å². The summed E-state index contributed by atoms with van der Waals surface area (Å²) in [5.41, 5.74) is 0.632. The Labute approximate surface area is 115 Å². The van der Waals surface area contributed by atoms with Crippen LogP contribution in [-0.2, 0) is 11.2 Å². The van der Waals surface area contributed by atoms with Crippen LogP contribution in [0.15, 0.2) is 30.5 Å². The van der Waals surface area contributed by atoms with Crippen molar-refractivity contribution in [1.82, 2.24) is 4.98 Å². The Morgan fingerprint density at radius 3 is 2.84 bits per heavy atom. The third kappa shape index (κ3) is 3.61. The molecule has 0 unspecified atom stereocenters. The van der Waals surface area contributed by atoms with Crippen molar-refractivity contribution < 1.29 is 9.18 Å². The molecule has 0 fully saturated rings. The van der Waals surface area contributed by atoms with Crippen molar-refractivity contribution in [2.45, 2.75) is 20.3 Å². The van der Waals surface area contributed by atoms with E-state index in [0.29, 0.717) is 17.1 Å². The molecular weight excluding hydrogens is 263 g/mol. The van der Waals surface area contributed by atoms with Crippen LogP contribution in [0, 0.1) is 11.7 Å². The quantitative estimate of drug-likeness (QED) is 0.930. The fourth-order valence-corrected chi connectivity index (χ4v) is 2.36. The van der Waals surface area contributed by atoms with Crippen LogP contribution >= 0.6 is 11.3 Å². The van der Waals surface area contributed by atoms with Crippen molar-refractivity contribution in [2.24, 2.45) is 5.92 Å². The first-order valence-electron chi connectivity index (χ1n) is 6.05. The van der Waals surface area contributed by atoms with Gasteiger partial charge < -0.3 is 5.32 Å². The van der Waals surface area contributed by atoms with Crippen LogP contribution in [0.25, 0.3) is 0 Å². The van der Waals surface area contributed by atoms with Gasteiger partial charge in [0.15, 0.2) is 5.13 Å². The van der Waals surface area contributed by atoms with Gasteiger partial charge in [-0.1, -0.05) is 32.0 Å². The van der Waals surface area contributed by atoms with Crippen LogP contribution in [0.1, 0.15) is 24.3 Å². The number of rotatable bonds is 4. The number of halogens is 1. The monoisotopic (exact) mass is 278 g/mol. The maximum Gasteiger partial charge on any atom is 0.228 e. The van der Waals surface area contributed by atoms with E-state index in [4.69, 9.17) is 0 Å². The highest BCUT2D eigenvalue weighted by Gasteiger charge is 2.11. The molecule has 5 heteroatoms. The second-order valence-electron chi connectivity index (χ2n) is 4.54. The topological polar surface area (TPSA) is 42.0 Å². The summed E-state index contributed by atoms with van der Waals surface area (Å²) in [6.45, 7) is 3.65. The number of anilines is 1. The fraction of sp³-hybridized carbons (Fsp3) is 0.286. The lowest BCUT2D eigenvalue weighted by Crippen LogP contribution is -2.17. The fourth-order valence-electron chi connectivity index (χ4n) is 1.53. The van der Waals surface area contributed by atoms with Crippen LogP contribution < -0.4 is 5.32 Å². The summed E-state index contributed by atoms with van der Waals surface area (Å²) in [6.07, 6.45) is 2.16. The number of nitrogens with zero attached hydrogens (tertiary/aromatic N) is 1. The zero-order valence-electron chi connectivity index (χ0n) is 10.8. The lowest BCUT2D eigenvalue weighted by Gasteiger charge is -2.03. The minimum atomic E-state index is -0.219. The van der Waals surface area contributed by atoms with E-state index >= 15 is 0 Å². The Balaban J connectivity index is 2.06. The largest absolute Gasteiger partial charge is 0.302 e. The number of hydrogen-bond donors (Lipinski definition) is 1. The molecule has 0 radical (unpaired) electrons. The molecule has 1 aromatic heterocycles. The molecular formula is C14H15FN2OS. The van der Waals surface area contributed by atoms with Crippen LogP contribution in [0.4, 0.5) is 9.52 Å². The van der Waals surface area contributed by atoms with Gasteiger partial charge in [-0.2, -0.15) is 0 Å². The summed E-state index contributed by atoms with van der Waals surface area (Å²) < 4.78 is 13.5. The minimum absolute atomic E-state index is 0.0632. The Morgan fingerprint density at radius 2 is 2.16 bits per heavy atom. The number of carbonyl (C=O) groups excluding carboxylic acids is 1. The zero-order valence-corrected chi connectivity index (χ0v) is 11.6. The first-order valence-corrected chi connectivity index (χ1v) is 6.87. The number of amides is 1. The summed E-state index contributed by atoms with van der Waals surface area (Å²) in [5, 5.41) is 3.30. The lowest BCUT2D eigenvalue weighted by molar-refractivity contribution is -0.118. The SMILES string of the molecule is CC(C)C(=O)Nc1ncc(Cc2ccccc2F)s1. The number of nitrogens with one attached hydrogen (secondary N) is 1. The second kappa shape index (κ2) is 5.93. The van der Waals surface area contributed by atoms with Crippen LogP contribution in [-0.4, -0.2) is 10.9 Å². The molecule has 0 atom stereocenters. The average molecular weight is 278 g/mol. The van der Waals surface area contributed by atoms with Crippen molar-refractivity contribution in [1.29, 1.82) is 0 Å². The second-order valence-corrected chi connectivity index (χ2v) is 5.66. The van der Waals surface area contributed by atoms with Crippen LogP contribution in [0.2, 0.25) is 0 Å². The standard InChI is InChI=1S/C14H15FN2OS/c1-9(2)13(18)17-14-16-8-11(19-14)7-10-5-3-4-6-12(10)15/h3-6,8-9H,7H2,1-2H3,(H,16,17,18). The van der Waals surface area contributed by atoms with Crippen LogP contribution in [0.5, 0.6) is 0 Å². The van der Waals surface area contributed by atoms with Crippen molar-refractivity contribution in [3.05, 3.63) is 46.7 Å². The van der Waals surface area contributed by atoms with Gasteiger partial charge in [-0.25, -0.2) is 9.37 Å². The highest BCUT2D eigenvalue weighted by atomic mass is 32.1. The number of thiazole rings is 1. The molecule has 0 aliphatic carbocycles. The van der Waals surface area contributed by atoms with Crippen molar-refractivity contribution in [3.8, 4) is 0 Å². The molecule has 2 rings (SSSR count). The predicted octanol–water partition coefficient (Wildman–Crippen LogP) is 3.47. The summed E-state index contributed by atoms with van der Waals surface area (Å²) in [5.74, 6) is -0.366. The molecule has 1 heterocycles. The molecule has 0 bridgehead atoms. The highest BCUT2D eigenvalue weighted by Crippen LogP contribution is 2.22. The lowest BCUT2D eigenvalue weighted by atomic mass is 10.1. The van der Waals surface area contributed by atoms with Gasteiger partial charge in [0, 0.05) is 23.4 Å². The van der Waals surface area contributed by atoms with E-state index < -0.39 is 0 Å². The Kier molecular flexibility index (Phi) is 4.27. The smallest absolute Gasteiger partial charge is 0.228 e. The van der Waals surface area contributed by atoms with E-state index in [1.807, 2.05) is 13.8 Å². The summed E-state index contributed by atoms with van der Waals surface area (Å²) >= 11 is 1.37. The van der Waals surface area contributed by atoms with Gasteiger partial charge in [0.2, 0.25) is 5.91 Å². The Hall–Kier alpha value is -1.75. The van der Waals surface area contributed by atoms with Crippen molar-refractivity contribution in [3.63, 3.8) is 0 Å². The van der Waals surface area contributed by atoms with E-state index in [-0.39, 0.29) is 17.6 Å². The molecule has 3 nitrogen and oxygen atoms in total. The predicted molar refractivity (Wildman–Crippen MR) is 74.8 cm³/mol. The van der Waals surface area contributed by atoms with Gasteiger partial charge in [0.1, 0.15) is 5.82 Å². The van der Waals surface area contributed by atoms with Gasteiger partial charge in [0.25, 0.3) is 0 Å². The molecule has 0 saturated carbocycles. The van der Waals surface area contributed by atoms with Crippen molar-refractivity contribution in [2.75, 3.05) is 5.32 Å². The van der Waals surface area contributed by atoms with E-state index in [2.05, 4.69) is 10.3 Å². The van der Waals surface area contributed by atoms with Gasteiger partial charge in [0.05, 0.1) is 0 Å². The molecule has 1 aromatic carbocycles. The molecule has 19 heavy (non-hydrogen) atoms. The highest BCUT2D eigenvalue weighted by molar-refractivity contribution is 7.15. The molecule has 100 valence electrons. The Bertz CT molecular complexity index is 580. The molecule has 0 aliphatic heterocycles.